The molecule has 4 aliphatic heterocycles. The summed E-state index contributed by atoms with van der Waals surface area (Å²) in [5.41, 5.74) is 0. The second kappa shape index (κ2) is 19.4. The number of rotatable bonds is 15. The van der Waals surface area contributed by atoms with Gasteiger partial charge in [0.25, 0.3) is 0 Å². The van der Waals surface area contributed by atoms with Crippen LogP contribution in [0.2, 0.25) is 0 Å². The summed E-state index contributed by atoms with van der Waals surface area (Å²) < 4.78 is 73.8. The Balaban J connectivity index is 1.56. The first-order valence-corrected chi connectivity index (χ1v) is 16.8. The minimum Gasteiger partial charge on any atom is -0.479 e. The van der Waals surface area contributed by atoms with Gasteiger partial charge in [0.1, 0.15) is 79.4 Å². The highest BCUT2D eigenvalue weighted by atomic mass is 16.8. The summed E-state index contributed by atoms with van der Waals surface area (Å²) in [5.74, 6) is -2.42. The smallest absolute Gasteiger partial charge is 0.335 e. The molecular weight excluding hydrogens is 724 g/mol. The fourth-order valence-corrected chi connectivity index (χ4v) is 6.97. The van der Waals surface area contributed by atoms with E-state index in [0.29, 0.717) is 0 Å². The van der Waals surface area contributed by atoms with E-state index in [1.165, 1.54) is 35.5 Å². The van der Waals surface area contributed by atoms with E-state index in [9.17, 15) is 45.3 Å². The van der Waals surface area contributed by atoms with Crippen molar-refractivity contribution < 1.29 is 107 Å². The molecule has 4 saturated heterocycles. The van der Waals surface area contributed by atoms with Crippen LogP contribution in [0, 0.1) is 0 Å². The number of carboxylic acids is 1. The van der Waals surface area contributed by atoms with Crippen molar-refractivity contribution in [2.75, 3.05) is 48.8 Å². The molecule has 0 radical (unpaired) electrons. The number of hydrogen-bond acceptors (Lipinski definition) is 21. The lowest BCUT2D eigenvalue weighted by Gasteiger charge is -2.50. The molecule has 4 aliphatic rings. The van der Waals surface area contributed by atoms with Crippen LogP contribution in [0.3, 0.4) is 0 Å². The topological polar surface area (TPSA) is 296 Å². The van der Waals surface area contributed by atoms with Gasteiger partial charge in [0.15, 0.2) is 37.4 Å². The van der Waals surface area contributed by atoms with Gasteiger partial charge in [0, 0.05) is 42.5 Å². The Hall–Kier alpha value is -1.78. The van der Waals surface area contributed by atoms with Gasteiger partial charge in [-0.2, -0.15) is 0 Å². The van der Waals surface area contributed by atoms with Gasteiger partial charge in [-0.25, -0.2) is 4.79 Å². The van der Waals surface area contributed by atoms with Gasteiger partial charge in [-0.1, -0.05) is 0 Å². The first-order chi connectivity index (χ1) is 25.2. The predicted molar refractivity (Wildman–Crippen MR) is 167 cm³/mol. The average molecular weight is 777 g/mol. The number of aliphatic carboxylic acids is 1. The summed E-state index contributed by atoms with van der Waals surface area (Å²) in [5, 5.41) is 73.4. The van der Waals surface area contributed by atoms with E-state index in [2.05, 4.69) is 0 Å². The third-order valence-corrected chi connectivity index (χ3v) is 9.60. The number of ether oxygens (including phenoxy) is 13. The number of carbonyl (C=O) groups is 2. The number of hydrogen-bond donors (Lipinski definition) is 7. The Kier molecular flexibility index (Phi) is 16.1. The van der Waals surface area contributed by atoms with Gasteiger partial charge >= 0.3 is 11.9 Å². The molecule has 308 valence electrons. The molecule has 8 unspecified atom stereocenters. The Bertz CT molecular complexity index is 1160. The maximum absolute atomic E-state index is 12.3. The maximum atomic E-state index is 12.3. The zero-order chi connectivity index (χ0) is 39.3. The monoisotopic (exact) mass is 776 g/mol. The Morgan fingerprint density at radius 3 is 1.57 bits per heavy atom. The molecule has 22 heteroatoms. The van der Waals surface area contributed by atoms with Gasteiger partial charge in [-0.3, -0.25) is 4.79 Å². The van der Waals surface area contributed by atoms with E-state index in [1.54, 1.807) is 6.92 Å². The van der Waals surface area contributed by atoms with Crippen LogP contribution in [0.15, 0.2) is 0 Å². The molecule has 0 aliphatic carbocycles. The van der Waals surface area contributed by atoms with Crippen molar-refractivity contribution in [3.05, 3.63) is 0 Å². The summed E-state index contributed by atoms with van der Waals surface area (Å²) in [6.07, 6.45) is -28.0. The third-order valence-electron chi connectivity index (χ3n) is 9.60. The molecule has 22 nitrogen and oxygen atoms in total. The van der Waals surface area contributed by atoms with E-state index in [0.717, 1.165) is 6.92 Å². The molecule has 0 aromatic rings. The van der Waals surface area contributed by atoms with Crippen molar-refractivity contribution in [3.8, 4) is 0 Å². The van der Waals surface area contributed by atoms with E-state index in [1.807, 2.05) is 0 Å². The fourth-order valence-electron chi connectivity index (χ4n) is 6.97. The van der Waals surface area contributed by atoms with Gasteiger partial charge in [-0.15, -0.1) is 0 Å². The standard InChI is InChI=1S/C31H52O22/c1-10-18(24(42-4)26(44-6)30(46-10)51-19-12(8-32)48-28(45-7)15(36)14(19)35)50-29-17(38)22(47-11(2)34)20(13(9-33)49-29)52-31-25(43-5)21(41-3)16(37)23(53-31)27(39)40/h10,12-26,28-33,35-38H,8-9H2,1-7H3,(H,39,40)/t10-,12?,13+,14+,15?,16+,17?,18+,19-,20+,21-,22?,23?,24?,25?,26?,28+,29+,30+,31+/m0/s1. The van der Waals surface area contributed by atoms with Crippen molar-refractivity contribution in [2.24, 2.45) is 0 Å². The molecule has 0 bridgehead atoms. The molecular formula is C31H52O22. The predicted octanol–water partition coefficient (Wildman–Crippen LogP) is -4.79. The zero-order valence-electron chi connectivity index (χ0n) is 30.2. The molecule has 53 heavy (non-hydrogen) atoms. The van der Waals surface area contributed by atoms with Crippen molar-refractivity contribution in [1.29, 1.82) is 0 Å². The molecule has 0 spiro atoms. The molecule has 0 aromatic heterocycles. The van der Waals surface area contributed by atoms with E-state index >= 15 is 0 Å². The normalized spacial score (nSPS) is 46.5. The number of methoxy groups -OCH3 is 5. The van der Waals surface area contributed by atoms with Crippen molar-refractivity contribution in [3.63, 3.8) is 0 Å². The maximum Gasteiger partial charge on any atom is 0.335 e. The summed E-state index contributed by atoms with van der Waals surface area (Å²) in [4.78, 5) is 24.2. The molecule has 4 rings (SSSR count). The number of carboxylic acid groups (broad SMARTS) is 1. The zero-order valence-corrected chi connectivity index (χ0v) is 30.2. The van der Waals surface area contributed by atoms with E-state index in [-0.39, 0.29) is 0 Å². The Morgan fingerprint density at radius 2 is 1.04 bits per heavy atom. The van der Waals surface area contributed by atoms with Gasteiger partial charge < -0.3 is 97.3 Å². The Labute approximate surface area is 304 Å². The van der Waals surface area contributed by atoms with Crippen LogP contribution in [0.25, 0.3) is 0 Å². The molecule has 0 aromatic carbocycles. The molecule has 4 fully saturated rings. The SMILES string of the molecule is COC1C(OC)[C@H](O[C@H]2O[C@H](CO)[C@@H](O[C@@H]3OC(C(=O)O)[C@H](O)[C@H](OC)C3OC)C(OC(C)=O)C2O)[C@H](C)O[C@@H]1O[C@H]1C(CO)O[C@@H](OC)C(O)[C@H]1O. The number of aliphatic hydroxyl groups excluding tert-OH is 6. The van der Waals surface area contributed by atoms with Crippen LogP contribution in [-0.2, 0) is 71.2 Å². The molecule has 0 saturated carbocycles. The lowest BCUT2D eigenvalue weighted by molar-refractivity contribution is -0.387. The number of carbonyl (C=O) groups excluding carboxylic acids is 1. The van der Waals surface area contributed by atoms with Crippen LogP contribution >= 0.6 is 0 Å². The van der Waals surface area contributed by atoms with Crippen LogP contribution in [0.5, 0.6) is 0 Å². The van der Waals surface area contributed by atoms with E-state index in [4.69, 9.17) is 61.6 Å². The van der Waals surface area contributed by atoms with Crippen LogP contribution < -0.4 is 0 Å². The van der Waals surface area contributed by atoms with E-state index < -0.39 is 148 Å². The van der Waals surface area contributed by atoms with Crippen molar-refractivity contribution >= 4 is 11.9 Å². The summed E-state index contributed by atoms with van der Waals surface area (Å²) in [6.45, 7) is 1.21. The minimum atomic E-state index is -1.84. The highest BCUT2D eigenvalue weighted by molar-refractivity contribution is 5.73. The second-order valence-electron chi connectivity index (χ2n) is 12.8. The second-order valence-corrected chi connectivity index (χ2v) is 12.8. The number of esters is 1. The van der Waals surface area contributed by atoms with Crippen molar-refractivity contribution in [1.82, 2.24) is 0 Å². The summed E-state index contributed by atoms with van der Waals surface area (Å²) >= 11 is 0. The summed E-state index contributed by atoms with van der Waals surface area (Å²) in [7, 11) is 6.33. The largest absolute Gasteiger partial charge is 0.479 e. The Morgan fingerprint density at radius 1 is 0.528 bits per heavy atom. The third kappa shape index (κ3) is 9.27. The molecule has 0 amide bonds. The van der Waals surface area contributed by atoms with Crippen LogP contribution in [-0.4, -0.2) is 219 Å². The number of aliphatic hydroxyl groups is 6. The lowest BCUT2D eigenvalue weighted by atomic mass is 9.95. The fraction of sp³-hybridized carbons (Fsp3) is 0.935. The van der Waals surface area contributed by atoms with Crippen LogP contribution in [0.4, 0.5) is 0 Å². The van der Waals surface area contributed by atoms with Crippen LogP contribution in [0.1, 0.15) is 13.8 Å². The first-order valence-electron chi connectivity index (χ1n) is 16.8. The first kappa shape index (κ1) is 43.9. The molecule has 7 N–H and O–H groups in total. The summed E-state index contributed by atoms with van der Waals surface area (Å²) in [6, 6.07) is 0. The average Bonchev–Trinajstić information content (AvgIpc) is 3.13. The van der Waals surface area contributed by atoms with Gasteiger partial charge in [0.2, 0.25) is 0 Å². The highest BCUT2D eigenvalue weighted by Gasteiger charge is 2.57. The highest BCUT2D eigenvalue weighted by Crippen LogP contribution is 2.37. The lowest BCUT2D eigenvalue weighted by Crippen LogP contribution is -2.68. The quantitative estimate of drug-likeness (QED) is 0.0768. The minimum absolute atomic E-state index is 0.612. The van der Waals surface area contributed by atoms with Gasteiger partial charge in [-0.05, 0) is 6.92 Å². The molecule has 4 heterocycles. The molecule has 20 atom stereocenters. The van der Waals surface area contributed by atoms with Gasteiger partial charge in [0.05, 0.1) is 19.3 Å². The van der Waals surface area contributed by atoms with Crippen molar-refractivity contribution in [2.45, 2.75) is 137 Å².